The van der Waals surface area contributed by atoms with Gasteiger partial charge in [-0.1, -0.05) is 12.1 Å². The van der Waals surface area contributed by atoms with Crippen molar-refractivity contribution in [1.29, 1.82) is 0 Å². The summed E-state index contributed by atoms with van der Waals surface area (Å²) in [6.45, 7) is 2.09. The highest BCUT2D eigenvalue weighted by Crippen LogP contribution is 2.30. The van der Waals surface area contributed by atoms with Crippen molar-refractivity contribution in [3.05, 3.63) is 29.8 Å². The third-order valence-electron chi connectivity index (χ3n) is 3.98. The predicted octanol–water partition coefficient (Wildman–Crippen LogP) is 1.97. The standard InChI is InChI=1S/C15H18F4N2O4S/c1-14(16,13(22)21-9-11-3-2-8-20-11)10-4-6-12(7-5-10)25-26(23,24)15(17,18)19/h4-7,11,20H,2-3,8-9H2,1H3,(H,21,22)/t11-,14-/m1/s1. The molecule has 1 aliphatic heterocycles. The molecule has 2 atom stereocenters. The van der Waals surface area contributed by atoms with E-state index >= 15 is 0 Å². The molecule has 0 saturated carbocycles. The first-order valence-corrected chi connectivity index (χ1v) is 9.16. The molecule has 11 heteroatoms. The molecule has 1 saturated heterocycles. The van der Waals surface area contributed by atoms with Crippen LogP contribution in [0.25, 0.3) is 0 Å². The van der Waals surface area contributed by atoms with E-state index in [9.17, 15) is 30.8 Å². The van der Waals surface area contributed by atoms with Gasteiger partial charge in [-0.2, -0.15) is 21.6 Å². The molecule has 0 bridgehead atoms. The van der Waals surface area contributed by atoms with Gasteiger partial charge < -0.3 is 14.8 Å². The van der Waals surface area contributed by atoms with Crippen LogP contribution in [-0.2, 0) is 20.6 Å². The van der Waals surface area contributed by atoms with Crippen molar-refractivity contribution >= 4 is 16.0 Å². The van der Waals surface area contributed by atoms with Crippen molar-refractivity contribution < 1.29 is 35.0 Å². The second-order valence-corrected chi connectivity index (χ2v) is 7.55. The minimum absolute atomic E-state index is 0.0677. The zero-order chi connectivity index (χ0) is 19.6. The van der Waals surface area contributed by atoms with Crippen LogP contribution in [0.15, 0.2) is 24.3 Å². The van der Waals surface area contributed by atoms with E-state index < -0.39 is 33.0 Å². The van der Waals surface area contributed by atoms with Gasteiger partial charge in [-0.15, -0.1) is 0 Å². The Morgan fingerprint density at radius 1 is 1.27 bits per heavy atom. The van der Waals surface area contributed by atoms with Crippen LogP contribution in [-0.4, -0.2) is 39.0 Å². The van der Waals surface area contributed by atoms with E-state index in [1.807, 2.05) is 0 Å². The lowest BCUT2D eigenvalue weighted by Gasteiger charge is -2.22. The molecule has 2 N–H and O–H groups in total. The number of carbonyl (C=O) groups is 1. The van der Waals surface area contributed by atoms with Crippen molar-refractivity contribution in [2.45, 2.75) is 37.0 Å². The first kappa shape index (κ1) is 20.4. The molecule has 6 nitrogen and oxygen atoms in total. The molecule has 26 heavy (non-hydrogen) atoms. The summed E-state index contributed by atoms with van der Waals surface area (Å²) >= 11 is 0. The van der Waals surface area contributed by atoms with E-state index in [4.69, 9.17) is 0 Å². The van der Waals surface area contributed by atoms with Gasteiger partial charge in [-0.25, -0.2) is 4.39 Å². The minimum Gasteiger partial charge on any atom is -0.376 e. The van der Waals surface area contributed by atoms with E-state index in [0.717, 1.165) is 50.6 Å². The summed E-state index contributed by atoms with van der Waals surface area (Å²) in [7, 11) is -5.81. The molecular formula is C15H18F4N2O4S. The predicted molar refractivity (Wildman–Crippen MR) is 84.5 cm³/mol. The van der Waals surface area contributed by atoms with Crippen LogP contribution in [0.4, 0.5) is 17.6 Å². The zero-order valence-corrected chi connectivity index (χ0v) is 14.6. The topological polar surface area (TPSA) is 84.5 Å². The van der Waals surface area contributed by atoms with Crippen molar-refractivity contribution in [2.24, 2.45) is 0 Å². The maximum Gasteiger partial charge on any atom is 0.534 e. The first-order chi connectivity index (χ1) is 11.9. The SMILES string of the molecule is C[C@](F)(C(=O)NC[C@H]1CCCN1)c1ccc(OS(=O)(=O)C(F)(F)F)cc1. The number of carbonyl (C=O) groups excluding carboxylic acids is 1. The largest absolute Gasteiger partial charge is 0.534 e. The average Bonchev–Trinajstić information content (AvgIpc) is 3.05. The van der Waals surface area contributed by atoms with E-state index in [1.54, 1.807) is 0 Å². The normalized spacial score (nSPS) is 20.4. The lowest BCUT2D eigenvalue weighted by molar-refractivity contribution is -0.132. The number of amides is 1. The molecule has 0 unspecified atom stereocenters. The second-order valence-electron chi connectivity index (χ2n) is 6.01. The van der Waals surface area contributed by atoms with Crippen molar-refractivity contribution in [3.8, 4) is 5.75 Å². The van der Waals surface area contributed by atoms with Gasteiger partial charge in [0.25, 0.3) is 5.91 Å². The van der Waals surface area contributed by atoms with Crippen LogP contribution in [0.1, 0.15) is 25.3 Å². The third-order valence-corrected chi connectivity index (χ3v) is 4.96. The monoisotopic (exact) mass is 398 g/mol. The van der Waals surface area contributed by atoms with Crippen LogP contribution in [0, 0.1) is 0 Å². The Hall–Kier alpha value is -1.88. The van der Waals surface area contributed by atoms with Crippen molar-refractivity contribution in [1.82, 2.24) is 10.6 Å². The number of halogens is 4. The fourth-order valence-corrected chi connectivity index (χ4v) is 2.90. The number of alkyl halides is 4. The number of nitrogens with one attached hydrogen (secondary N) is 2. The van der Waals surface area contributed by atoms with Crippen molar-refractivity contribution in [2.75, 3.05) is 13.1 Å². The summed E-state index contributed by atoms with van der Waals surface area (Å²) in [6, 6.07) is 3.76. The smallest absolute Gasteiger partial charge is 0.376 e. The van der Waals surface area contributed by atoms with Crippen LogP contribution in [0.3, 0.4) is 0 Å². The summed E-state index contributed by atoms with van der Waals surface area (Å²) in [6.07, 6.45) is 1.83. The maximum absolute atomic E-state index is 14.8. The number of hydrogen-bond acceptors (Lipinski definition) is 5. The Kier molecular flexibility index (Phi) is 5.81. The molecule has 2 rings (SSSR count). The van der Waals surface area contributed by atoms with Crippen LogP contribution in [0.2, 0.25) is 0 Å². The van der Waals surface area contributed by atoms with Gasteiger partial charge in [-0.05, 0) is 44.0 Å². The van der Waals surface area contributed by atoms with E-state index in [2.05, 4.69) is 14.8 Å². The quantitative estimate of drug-likeness (QED) is 0.435. The Morgan fingerprint density at radius 3 is 2.38 bits per heavy atom. The third kappa shape index (κ3) is 4.64. The fourth-order valence-electron chi connectivity index (χ4n) is 2.44. The first-order valence-electron chi connectivity index (χ1n) is 7.75. The Balaban J connectivity index is 2.04. The molecule has 1 aromatic rings. The number of hydrogen-bond donors (Lipinski definition) is 2. The molecule has 0 aromatic heterocycles. The van der Waals surface area contributed by atoms with Gasteiger partial charge in [0.15, 0.2) is 0 Å². The molecule has 1 fully saturated rings. The molecule has 0 aliphatic carbocycles. The van der Waals surface area contributed by atoms with Gasteiger partial charge in [-0.3, -0.25) is 4.79 Å². The number of rotatable bonds is 6. The fraction of sp³-hybridized carbons (Fsp3) is 0.533. The van der Waals surface area contributed by atoms with Gasteiger partial charge in [0.1, 0.15) is 5.75 Å². The maximum atomic E-state index is 14.8. The van der Waals surface area contributed by atoms with Gasteiger partial charge in [0.2, 0.25) is 5.67 Å². The van der Waals surface area contributed by atoms with E-state index in [-0.39, 0.29) is 18.2 Å². The molecule has 146 valence electrons. The van der Waals surface area contributed by atoms with Crippen molar-refractivity contribution in [3.63, 3.8) is 0 Å². The molecule has 1 heterocycles. The highest BCUT2D eigenvalue weighted by Gasteiger charge is 2.48. The lowest BCUT2D eigenvalue weighted by Crippen LogP contribution is -2.44. The van der Waals surface area contributed by atoms with E-state index in [0.29, 0.717) is 0 Å². The Labute approximate surface area is 148 Å². The minimum atomic E-state index is -5.81. The molecular weight excluding hydrogens is 380 g/mol. The van der Waals surface area contributed by atoms with Gasteiger partial charge in [0.05, 0.1) is 0 Å². The number of benzene rings is 1. The molecule has 0 spiro atoms. The summed E-state index contributed by atoms with van der Waals surface area (Å²) < 4.78 is 77.4. The second kappa shape index (κ2) is 7.39. The van der Waals surface area contributed by atoms with Crippen LogP contribution >= 0.6 is 0 Å². The van der Waals surface area contributed by atoms with Crippen LogP contribution < -0.4 is 14.8 Å². The molecule has 1 amide bonds. The summed E-state index contributed by atoms with van der Waals surface area (Å²) in [4.78, 5) is 12.1. The molecule has 1 aliphatic rings. The van der Waals surface area contributed by atoms with Gasteiger partial charge in [0, 0.05) is 12.6 Å². The van der Waals surface area contributed by atoms with E-state index in [1.165, 1.54) is 0 Å². The summed E-state index contributed by atoms with van der Waals surface area (Å²) in [5.74, 6) is -1.54. The Bertz CT molecular complexity index is 742. The average molecular weight is 398 g/mol. The van der Waals surface area contributed by atoms with Crippen LogP contribution in [0.5, 0.6) is 5.75 Å². The highest BCUT2D eigenvalue weighted by molar-refractivity contribution is 7.88. The zero-order valence-electron chi connectivity index (χ0n) is 13.8. The molecule has 1 aromatic carbocycles. The van der Waals surface area contributed by atoms with Gasteiger partial charge >= 0.3 is 15.6 Å². The Morgan fingerprint density at radius 2 is 1.88 bits per heavy atom. The molecule has 0 radical (unpaired) electrons. The highest BCUT2D eigenvalue weighted by atomic mass is 32.2. The summed E-state index contributed by atoms with van der Waals surface area (Å²) in [5, 5.41) is 5.63. The summed E-state index contributed by atoms with van der Waals surface area (Å²) in [5.41, 5.74) is -8.17. The lowest BCUT2D eigenvalue weighted by atomic mass is 9.96.